The van der Waals surface area contributed by atoms with Crippen LogP contribution in [-0.4, -0.2) is 25.7 Å². The molecule has 0 bridgehead atoms. The van der Waals surface area contributed by atoms with E-state index in [1.807, 2.05) is 0 Å². The summed E-state index contributed by atoms with van der Waals surface area (Å²) in [5.41, 5.74) is 8.10. The lowest BCUT2D eigenvalue weighted by molar-refractivity contribution is 0.298. The van der Waals surface area contributed by atoms with Crippen molar-refractivity contribution in [2.75, 3.05) is 19.7 Å². The molecule has 4 heteroatoms. The Morgan fingerprint density at radius 2 is 1.83 bits per heavy atom. The topological polar surface area (TPSA) is 45.3 Å². The fourth-order valence-electron chi connectivity index (χ4n) is 3.24. The summed E-state index contributed by atoms with van der Waals surface area (Å²) in [5.74, 6) is 1.04. The second kappa shape index (κ2) is 11.5. The van der Waals surface area contributed by atoms with E-state index in [-0.39, 0.29) is 0 Å². The van der Waals surface area contributed by atoms with Crippen LogP contribution in [0.4, 0.5) is 0 Å². The minimum atomic E-state index is 0.328. The highest BCUT2D eigenvalue weighted by Crippen LogP contribution is 2.30. The van der Waals surface area contributed by atoms with Gasteiger partial charge in [-0.1, -0.05) is 64.2 Å². The number of para-hydroxylation sites is 1. The lowest BCUT2D eigenvalue weighted by atomic mass is 10.0. The number of rotatable bonds is 12. The second-order valence-corrected chi connectivity index (χ2v) is 6.74. The number of hydrazine groups is 1. The summed E-state index contributed by atoms with van der Waals surface area (Å²) in [6, 6.07) is 9.26. The average molecular weight is 334 g/mol. The first-order chi connectivity index (χ1) is 11.8. The normalized spacial score (nSPS) is 20.4. The van der Waals surface area contributed by atoms with Crippen LogP contribution in [0, 0.1) is 0 Å². The smallest absolute Gasteiger partial charge is 0.124 e. The Labute approximate surface area is 147 Å². The van der Waals surface area contributed by atoms with Gasteiger partial charge in [0.2, 0.25) is 0 Å². The number of hydrogen-bond acceptors (Lipinski definition) is 4. The summed E-state index contributed by atoms with van der Waals surface area (Å²) in [6.07, 6.45) is 8.87. The molecule has 1 saturated heterocycles. The molecular weight excluding hydrogens is 298 g/mol. The van der Waals surface area contributed by atoms with Gasteiger partial charge in [0.15, 0.2) is 0 Å². The summed E-state index contributed by atoms with van der Waals surface area (Å²) in [7, 11) is 0. The van der Waals surface area contributed by atoms with Crippen molar-refractivity contribution < 1.29 is 4.74 Å². The predicted octanol–water partition coefficient (Wildman–Crippen LogP) is 3.94. The maximum Gasteiger partial charge on any atom is 0.124 e. The second-order valence-electron chi connectivity index (χ2n) is 6.74. The monoisotopic (exact) mass is 333 g/mol. The van der Waals surface area contributed by atoms with Crippen molar-refractivity contribution in [2.24, 2.45) is 0 Å². The van der Waals surface area contributed by atoms with Crippen molar-refractivity contribution in [1.29, 1.82) is 0 Å². The molecule has 1 aliphatic rings. The summed E-state index contributed by atoms with van der Waals surface area (Å²) in [6.45, 7) is 7.24. The Kier molecular flexibility index (Phi) is 9.18. The van der Waals surface area contributed by atoms with Crippen LogP contribution in [0.5, 0.6) is 5.75 Å². The van der Waals surface area contributed by atoms with Gasteiger partial charge in [-0.2, -0.15) is 0 Å². The van der Waals surface area contributed by atoms with Gasteiger partial charge in [-0.05, 0) is 25.5 Å². The number of likely N-dealkylation sites (N-methyl/N-ethyl adjacent to an activating group) is 1. The SMILES string of the molecule is CCCCCCCCOc1ccccc1C1CC(CNCC)NN1. The van der Waals surface area contributed by atoms with Gasteiger partial charge in [0.1, 0.15) is 5.75 Å². The minimum absolute atomic E-state index is 0.328. The van der Waals surface area contributed by atoms with Crippen molar-refractivity contribution in [3.63, 3.8) is 0 Å². The van der Waals surface area contributed by atoms with E-state index in [4.69, 9.17) is 4.74 Å². The fraction of sp³-hybridized carbons (Fsp3) is 0.700. The predicted molar refractivity (Wildman–Crippen MR) is 101 cm³/mol. The molecule has 1 aliphatic heterocycles. The molecule has 136 valence electrons. The van der Waals surface area contributed by atoms with Crippen molar-refractivity contribution in [3.05, 3.63) is 29.8 Å². The van der Waals surface area contributed by atoms with Crippen LogP contribution in [0.25, 0.3) is 0 Å². The van der Waals surface area contributed by atoms with Crippen molar-refractivity contribution in [2.45, 2.75) is 70.9 Å². The first kappa shape index (κ1) is 19.2. The van der Waals surface area contributed by atoms with Gasteiger partial charge in [0.05, 0.1) is 12.6 Å². The van der Waals surface area contributed by atoms with Crippen LogP contribution in [0.2, 0.25) is 0 Å². The highest BCUT2D eigenvalue weighted by atomic mass is 16.5. The van der Waals surface area contributed by atoms with Gasteiger partial charge in [0.25, 0.3) is 0 Å². The Morgan fingerprint density at radius 1 is 1.04 bits per heavy atom. The van der Waals surface area contributed by atoms with E-state index >= 15 is 0 Å². The van der Waals surface area contributed by atoms with E-state index in [1.54, 1.807) is 0 Å². The van der Waals surface area contributed by atoms with Gasteiger partial charge >= 0.3 is 0 Å². The maximum absolute atomic E-state index is 6.09. The van der Waals surface area contributed by atoms with Crippen LogP contribution in [0.3, 0.4) is 0 Å². The average Bonchev–Trinajstić information content (AvgIpc) is 3.08. The molecule has 0 aliphatic carbocycles. The van der Waals surface area contributed by atoms with E-state index in [0.717, 1.165) is 38.3 Å². The van der Waals surface area contributed by atoms with Gasteiger partial charge in [-0.15, -0.1) is 0 Å². The van der Waals surface area contributed by atoms with Gasteiger partial charge < -0.3 is 10.1 Å². The standard InChI is InChI=1S/C20H35N3O/c1-3-5-6-7-8-11-14-24-20-13-10-9-12-18(20)19-15-17(22-23-19)16-21-4-2/h9-10,12-13,17,19,21-23H,3-8,11,14-16H2,1-2H3. The van der Waals surface area contributed by atoms with Crippen LogP contribution < -0.4 is 20.9 Å². The first-order valence-corrected chi connectivity index (χ1v) is 9.78. The quantitative estimate of drug-likeness (QED) is 0.507. The molecule has 1 aromatic carbocycles. The lowest BCUT2D eigenvalue weighted by Crippen LogP contribution is -2.37. The molecule has 1 fully saturated rings. The van der Waals surface area contributed by atoms with Gasteiger partial charge in [0, 0.05) is 18.2 Å². The minimum Gasteiger partial charge on any atom is -0.493 e. The molecule has 2 rings (SSSR count). The summed E-state index contributed by atoms with van der Waals surface area (Å²) < 4.78 is 6.09. The number of hydrogen-bond donors (Lipinski definition) is 3. The molecule has 0 saturated carbocycles. The summed E-state index contributed by atoms with van der Waals surface area (Å²) >= 11 is 0. The number of unbranched alkanes of at least 4 members (excludes halogenated alkanes) is 5. The van der Waals surface area contributed by atoms with E-state index < -0.39 is 0 Å². The molecule has 4 nitrogen and oxygen atoms in total. The zero-order valence-electron chi connectivity index (χ0n) is 15.4. The molecule has 0 aromatic heterocycles. The molecule has 2 atom stereocenters. The first-order valence-electron chi connectivity index (χ1n) is 9.78. The Morgan fingerprint density at radius 3 is 2.67 bits per heavy atom. The third-order valence-electron chi connectivity index (χ3n) is 4.67. The van der Waals surface area contributed by atoms with E-state index in [1.165, 1.54) is 37.7 Å². The van der Waals surface area contributed by atoms with Crippen molar-refractivity contribution >= 4 is 0 Å². The fourth-order valence-corrected chi connectivity index (χ4v) is 3.24. The van der Waals surface area contributed by atoms with E-state index in [0.29, 0.717) is 12.1 Å². The molecule has 0 amide bonds. The molecule has 1 heterocycles. The molecule has 0 spiro atoms. The van der Waals surface area contributed by atoms with Crippen LogP contribution >= 0.6 is 0 Å². The zero-order valence-corrected chi connectivity index (χ0v) is 15.4. The van der Waals surface area contributed by atoms with Crippen LogP contribution in [0.15, 0.2) is 24.3 Å². The summed E-state index contributed by atoms with van der Waals surface area (Å²) in [5, 5.41) is 3.41. The van der Waals surface area contributed by atoms with Crippen molar-refractivity contribution in [3.8, 4) is 5.75 Å². The lowest BCUT2D eigenvalue weighted by Gasteiger charge is -2.16. The molecule has 0 radical (unpaired) electrons. The Bertz CT molecular complexity index is 452. The Hall–Kier alpha value is -1.10. The van der Waals surface area contributed by atoms with E-state index in [2.05, 4.69) is 54.3 Å². The molecule has 2 unspecified atom stereocenters. The third-order valence-corrected chi connectivity index (χ3v) is 4.67. The van der Waals surface area contributed by atoms with E-state index in [9.17, 15) is 0 Å². The van der Waals surface area contributed by atoms with Crippen LogP contribution in [-0.2, 0) is 0 Å². The largest absolute Gasteiger partial charge is 0.493 e. The Balaban J connectivity index is 1.76. The molecular formula is C20H35N3O. The molecule has 3 N–H and O–H groups in total. The highest BCUT2D eigenvalue weighted by molar-refractivity contribution is 5.36. The molecule has 1 aromatic rings. The van der Waals surface area contributed by atoms with Crippen LogP contribution in [0.1, 0.15) is 70.4 Å². The van der Waals surface area contributed by atoms with Gasteiger partial charge in [-0.3, -0.25) is 5.43 Å². The zero-order chi connectivity index (χ0) is 17.0. The van der Waals surface area contributed by atoms with Crippen molar-refractivity contribution in [1.82, 2.24) is 16.2 Å². The van der Waals surface area contributed by atoms with Gasteiger partial charge in [-0.25, -0.2) is 5.43 Å². The molecule has 24 heavy (non-hydrogen) atoms. The number of ether oxygens (including phenoxy) is 1. The number of benzene rings is 1. The summed E-state index contributed by atoms with van der Waals surface area (Å²) in [4.78, 5) is 0. The highest BCUT2D eigenvalue weighted by Gasteiger charge is 2.26. The third kappa shape index (κ3) is 6.42. The maximum atomic E-state index is 6.09. The number of nitrogens with one attached hydrogen (secondary N) is 3.